The molecule has 1 atom stereocenters. The number of methoxy groups -OCH3 is 1. The van der Waals surface area contributed by atoms with Crippen molar-refractivity contribution in [2.45, 2.75) is 25.9 Å². The first-order valence-electron chi connectivity index (χ1n) is 5.16. The molecule has 1 aromatic carbocycles. The van der Waals surface area contributed by atoms with Crippen LogP contribution in [0.4, 0.5) is 0 Å². The monoisotopic (exact) mass is 240 g/mol. The van der Waals surface area contributed by atoms with Crippen molar-refractivity contribution < 1.29 is 14.3 Å². The fourth-order valence-corrected chi connectivity index (χ4v) is 2.30. The summed E-state index contributed by atoms with van der Waals surface area (Å²) < 4.78 is 11.0. The van der Waals surface area contributed by atoms with E-state index in [4.69, 9.17) is 21.1 Å². The van der Waals surface area contributed by atoms with Crippen molar-refractivity contribution in [2.75, 3.05) is 7.11 Å². The van der Waals surface area contributed by atoms with E-state index in [1.54, 1.807) is 13.2 Å². The van der Waals surface area contributed by atoms with Crippen LogP contribution in [0.15, 0.2) is 6.07 Å². The highest BCUT2D eigenvalue weighted by Gasteiger charge is 2.27. The van der Waals surface area contributed by atoms with Gasteiger partial charge in [-0.2, -0.15) is 0 Å². The van der Waals surface area contributed by atoms with Gasteiger partial charge in [0, 0.05) is 29.0 Å². The summed E-state index contributed by atoms with van der Waals surface area (Å²) in [5.41, 5.74) is 1.75. The van der Waals surface area contributed by atoms with Crippen molar-refractivity contribution in [3.05, 3.63) is 22.2 Å². The van der Waals surface area contributed by atoms with Crippen molar-refractivity contribution >= 4 is 17.9 Å². The maximum atomic E-state index is 10.6. The first-order valence-corrected chi connectivity index (χ1v) is 5.53. The average molecular weight is 241 g/mol. The molecular weight excluding hydrogens is 228 g/mol. The zero-order valence-corrected chi connectivity index (χ0v) is 10.0. The highest BCUT2D eigenvalue weighted by molar-refractivity contribution is 6.31. The van der Waals surface area contributed by atoms with Crippen molar-refractivity contribution in [3.63, 3.8) is 0 Å². The lowest BCUT2D eigenvalue weighted by Crippen LogP contribution is -2.06. The molecule has 1 aliphatic rings. The van der Waals surface area contributed by atoms with Gasteiger partial charge in [0.1, 0.15) is 12.4 Å². The van der Waals surface area contributed by atoms with E-state index in [0.29, 0.717) is 16.5 Å². The highest BCUT2D eigenvalue weighted by Crippen LogP contribution is 2.44. The summed E-state index contributed by atoms with van der Waals surface area (Å²) in [6.45, 7) is 1.98. The van der Waals surface area contributed by atoms with E-state index in [1.807, 2.05) is 6.92 Å². The number of fused-ring (bicyclic) bond motifs is 1. The van der Waals surface area contributed by atoms with Gasteiger partial charge in [0.05, 0.1) is 7.11 Å². The number of ether oxygens (including phenoxy) is 2. The molecule has 16 heavy (non-hydrogen) atoms. The summed E-state index contributed by atoms with van der Waals surface area (Å²) in [5.74, 6) is 1.33. The molecule has 0 aromatic heterocycles. The number of hydrogen-bond donors (Lipinski definition) is 0. The number of carbonyl (C=O) groups is 1. The van der Waals surface area contributed by atoms with E-state index in [1.165, 1.54) is 0 Å². The number of rotatable bonds is 3. The minimum absolute atomic E-state index is 0.105. The normalized spacial score (nSPS) is 17.8. The SMILES string of the molecule is COc1c(CC=O)cc(Cl)c2c1OC(C)C2. The standard InChI is InChI=1S/C12H13ClO3/c1-7-5-9-10(13)6-8(3-4-14)11(15-2)12(9)16-7/h4,6-7H,3,5H2,1-2H3. The van der Waals surface area contributed by atoms with Gasteiger partial charge in [0.2, 0.25) is 0 Å². The van der Waals surface area contributed by atoms with Crippen LogP contribution in [0.5, 0.6) is 11.5 Å². The molecule has 0 aliphatic carbocycles. The second kappa shape index (κ2) is 4.34. The van der Waals surface area contributed by atoms with E-state index in [2.05, 4.69) is 0 Å². The zero-order chi connectivity index (χ0) is 11.7. The number of halogens is 1. The quantitative estimate of drug-likeness (QED) is 0.762. The third-order valence-electron chi connectivity index (χ3n) is 2.68. The minimum atomic E-state index is 0.105. The largest absolute Gasteiger partial charge is 0.493 e. The summed E-state index contributed by atoms with van der Waals surface area (Å²) in [5, 5.41) is 0.650. The predicted molar refractivity (Wildman–Crippen MR) is 61.6 cm³/mol. The van der Waals surface area contributed by atoms with Gasteiger partial charge in [-0.05, 0) is 13.0 Å². The first kappa shape index (κ1) is 11.3. The molecule has 0 bridgehead atoms. The number of hydrogen-bond acceptors (Lipinski definition) is 3. The van der Waals surface area contributed by atoms with E-state index >= 15 is 0 Å². The van der Waals surface area contributed by atoms with Crippen molar-refractivity contribution in [1.82, 2.24) is 0 Å². The molecule has 86 valence electrons. The molecule has 4 heteroatoms. The molecule has 0 saturated heterocycles. The second-order valence-electron chi connectivity index (χ2n) is 3.86. The van der Waals surface area contributed by atoms with Crippen LogP contribution < -0.4 is 9.47 Å². The third-order valence-corrected chi connectivity index (χ3v) is 3.02. The van der Waals surface area contributed by atoms with E-state index < -0.39 is 0 Å². The molecular formula is C12H13ClO3. The molecule has 0 spiro atoms. The average Bonchev–Trinajstić information content (AvgIpc) is 2.61. The van der Waals surface area contributed by atoms with Crippen LogP contribution in [0.3, 0.4) is 0 Å². The van der Waals surface area contributed by atoms with Gasteiger partial charge < -0.3 is 14.3 Å². The highest BCUT2D eigenvalue weighted by atomic mass is 35.5. The molecule has 1 unspecified atom stereocenters. The number of carbonyl (C=O) groups excluding carboxylic acids is 1. The van der Waals surface area contributed by atoms with Gasteiger partial charge in [-0.3, -0.25) is 0 Å². The summed E-state index contributed by atoms with van der Waals surface area (Å²) in [7, 11) is 1.57. The molecule has 1 aromatic rings. The number of aldehydes is 1. The third kappa shape index (κ3) is 1.76. The van der Waals surface area contributed by atoms with Crippen LogP contribution in [-0.4, -0.2) is 19.5 Å². The maximum absolute atomic E-state index is 10.6. The topological polar surface area (TPSA) is 35.5 Å². The Morgan fingerprint density at radius 3 is 3.06 bits per heavy atom. The van der Waals surface area contributed by atoms with Crippen LogP contribution in [-0.2, 0) is 17.6 Å². The minimum Gasteiger partial charge on any atom is -0.493 e. The maximum Gasteiger partial charge on any atom is 0.166 e. The zero-order valence-electron chi connectivity index (χ0n) is 9.25. The Hall–Kier alpha value is -1.22. The first-order chi connectivity index (χ1) is 7.67. The molecule has 1 heterocycles. The fourth-order valence-electron chi connectivity index (χ4n) is 2.01. The number of benzene rings is 1. The summed E-state index contributed by atoms with van der Waals surface area (Å²) in [6, 6.07) is 1.79. The molecule has 2 rings (SSSR count). The van der Waals surface area contributed by atoms with Gasteiger partial charge in [-0.1, -0.05) is 11.6 Å². The molecule has 0 fully saturated rings. The van der Waals surface area contributed by atoms with Crippen LogP contribution in [0.2, 0.25) is 5.02 Å². The van der Waals surface area contributed by atoms with Gasteiger partial charge in [-0.25, -0.2) is 0 Å². The van der Waals surface area contributed by atoms with Crippen molar-refractivity contribution in [2.24, 2.45) is 0 Å². The Balaban J connectivity index is 2.56. The van der Waals surface area contributed by atoms with Crippen LogP contribution in [0, 0.1) is 0 Å². The van der Waals surface area contributed by atoms with Crippen molar-refractivity contribution in [1.29, 1.82) is 0 Å². The Labute approximate surface area is 99.3 Å². The van der Waals surface area contributed by atoms with Crippen molar-refractivity contribution in [3.8, 4) is 11.5 Å². The predicted octanol–water partition coefficient (Wildman–Crippen LogP) is 2.41. The van der Waals surface area contributed by atoms with Gasteiger partial charge in [0.25, 0.3) is 0 Å². The fraction of sp³-hybridized carbons (Fsp3) is 0.417. The molecule has 0 amide bonds. The van der Waals surface area contributed by atoms with Crippen LogP contribution >= 0.6 is 11.6 Å². The molecule has 1 aliphatic heterocycles. The lowest BCUT2D eigenvalue weighted by atomic mass is 10.0. The summed E-state index contributed by atoms with van der Waals surface area (Å²) in [6.07, 6.45) is 2.01. The lowest BCUT2D eigenvalue weighted by Gasteiger charge is -2.12. The van der Waals surface area contributed by atoms with Gasteiger partial charge in [-0.15, -0.1) is 0 Å². The Kier molecular flexibility index (Phi) is 3.06. The van der Waals surface area contributed by atoms with Gasteiger partial charge in [0.15, 0.2) is 11.5 Å². The lowest BCUT2D eigenvalue weighted by molar-refractivity contribution is -0.107. The van der Waals surface area contributed by atoms with Gasteiger partial charge >= 0.3 is 0 Å². The Morgan fingerprint density at radius 1 is 1.69 bits per heavy atom. The second-order valence-corrected chi connectivity index (χ2v) is 4.27. The molecule has 0 N–H and O–H groups in total. The van der Waals surface area contributed by atoms with E-state index in [0.717, 1.165) is 23.8 Å². The summed E-state index contributed by atoms with van der Waals surface area (Å²) >= 11 is 6.15. The summed E-state index contributed by atoms with van der Waals surface area (Å²) in [4.78, 5) is 10.6. The van der Waals surface area contributed by atoms with Crippen LogP contribution in [0.25, 0.3) is 0 Å². The van der Waals surface area contributed by atoms with E-state index in [-0.39, 0.29) is 12.5 Å². The molecule has 3 nitrogen and oxygen atoms in total. The van der Waals surface area contributed by atoms with Crippen LogP contribution in [0.1, 0.15) is 18.1 Å². The smallest absolute Gasteiger partial charge is 0.166 e. The Morgan fingerprint density at radius 2 is 2.44 bits per heavy atom. The molecule has 0 radical (unpaired) electrons. The molecule has 0 saturated carbocycles. The Bertz CT molecular complexity index is 429. The van der Waals surface area contributed by atoms with E-state index in [9.17, 15) is 4.79 Å².